The van der Waals surface area contributed by atoms with E-state index in [1.807, 2.05) is 0 Å². The molecule has 1 aliphatic carbocycles. The first-order valence-corrected chi connectivity index (χ1v) is 13.1. The summed E-state index contributed by atoms with van der Waals surface area (Å²) in [6, 6.07) is 17.6. The van der Waals surface area contributed by atoms with Crippen molar-refractivity contribution in [2.24, 2.45) is 0 Å². The number of hydrogen-bond donors (Lipinski definition) is 2. The number of rotatable bonds is 8. The van der Waals surface area contributed by atoms with Crippen molar-refractivity contribution in [3.8, 4) is 0 Å². The molecule has 5 rings (SSSR count). The summed E-state index contributed by atoms with van der Waals surface area (Å²) in [5.74, 6) is -5.30. The zero-order valence-electron chi connectivity index (χ0n) is 22.5. The number of ketones is 2. The van der Waals surface area contributed by atoms with Crippen molar-refractivity contribution in [3.05, 3.63) is 118 Å². The van der Waals surface area contributed by atoms with Crippen LogP contribution in [0.5, 0.6) is 0 Å². The molecule has 0 bridgehead atoms. The van der Waals surface area contributed by atoms with E-state index in [4.69, 9.17) is 9.47 Å². The number of esters is 2. The second-order valence-electron chi connectivity index (χ2n) is 9.18. The van der Waals surface area contributed by atoms with Gasteiger partial charge in [0.1, 0.15) is 11.4 Å². The van der Waals surface area contributed by atoms with Crippen LogP contribution in [0.1, 0.15) is 66.4 Å². The zero-order valence-corrected chi connectivity index (χ0v) is 22.5. The highest BCUT2D eigenvalue weighted by atomic mass is 19.1. The van der Waals surface area contributed by atoms with Crippen molar-refractivity contribution >= 4 is 46.3 Å². The van der Waals surface area contributed by atoms with E-state index in [0.717, 1.165) is 0 Å². The third-order valence-corrected chi connectivity index (χ3v) is 6.53. The molecular weight excluding hydrogens is 546 g/mol. The lowest BCUT2D eigenvalue weighted by Crippen LogP contribution is -2.25. The summed E-state index contributed by atoms with van der Waals surface area (Å²) in [5.41, 5.74) is -1.86. The van der Waals surface area contributed by atoms with Crippen molar-refractivity contribution in [1.29, 1.82) is 0 Å². The highest BCUT2D eigenvalue weighted by Gasteiger charge is 2.38. The Balaban J connectivity index is 1.68. The van der Waals surface area contributed by atoms with Crippen LogP contribution in [0.2, 0.25) is 0 Å². The van der Waals surface area contributed by atoms with Crippen LogP contribution < -0.4 is 10.6 Å². The van der Waals surface area contributed by atoms with E-state index in [1.54, 1.807) is 13.8 Å². The molecule has 0 amide bonds. The number of benzene rings is 4. The van der Waals surface area contributed by atoms with Gasteiger partial charge in [0.2, 0.25) is 0 Å². The molecule has 0 radical (unpaired) electrons. The summed E-state index contributed by atoms with van der Waals surface area (Å²) >= 11 is 0. The normalized spacial score (nSPS) is 11.8. The van der Waals surface area contributed by atoms with Crippen molar-refractivity contribution < 1.29 is 37.4 Å². The van der Waals surface area contributed by atoms with Gasteiger partial charge in [0.25, 0.3) is 0 Å². The molecule has 4 aromatic carbocycles. The van der Waals surface area contributed by atoms with Crippen molar-refractivity contribution in [3.63, 3.8) is 0 Å². The molecule has 2 N–H and O–H groups in total. The summed E-state index contributed by atoms with van der Waals surface area (Å²) in [7, 11) is 0. The Morgan fingerprint density at radius 3 is 1.43 bits per heavy atom. The minimum atomic E-state index is -1.18. The minimum Gasteiger partial charge on any atom is -0.462 e. The number of ether oxygens (including phenoxy) is 2. The van der Waals surface area contributed by atoms with Crippen LogP contribution in [0.25, 0.3) is 0 Å². The van der Waals surface area contributed by atoms with Gasteiger partial charge in [0, 0.05) is 22.5 Å². The lowest BCUT2D eigenvalue weighted by molar-refractivity contribution is 0.0517. The van der Waals surface area contributed by atoms with Crippen molar-refractivity contribution in [1.82, 2.24) is 0 Å². The number of carbonyl (C=O) groups excluding carboxylic acids is 4. The molecule has 0 aliphatic heterocycles. The standard InChI is InChI=1S/C32H24F2N2O6/c1-3-41-31(39)17-9-7-11-19(15-17)35-27-25(33)23-24(30(38)22-14-6-5-13-21(22)29(23)37)26(34)28(27)36-20-12-8-10-18(16-20)32(40)42-4-2/h5-16,35-36H,3-4H2,1-2H3. The second kappa shape index (κ2) is 11.6. The Morgan fingerprint density at radius 1 is 0.643 bits per heavy atom. The molecular formula is C32H24F2N2O6. The topological polar surface area (TPSA) is 111 Å². The molecule has 0 aromatic heterocycles. The van der Waals surface area contributed by atoms with Crippen molar-refractivity contribution in [2.75, 3.05) is 23.8 Å². The second-order valence-corrected chi connectivity index (χ2v) is 9.18. The minimum absolute atomic E-state index is 0.0496. The van der Waals surface area contributed by atoms with E-state index in [-0.39, 0.29) is 46.8 Å². The lowest BCUT2D eigenvalue weighted by Gasteiger charge is -2.24. The Morgan fingerprint density at radius 2 is 1.05 bits per heavy atom. The van der Waals surface area contributed by atoms with Crippen LogP contribution in [-0.4, -0.2) is 36.7 Å². The van der Waals surface area contributed by atoms with E-state index in [0.29, 0.717) is 0 Å². The smallest absolute Gasteiger partial charge is 0.338 e. The van der Waals surface area contributed by atoms with Crippen LogP contribution in [0.15, 0.2) is 72.8 Å². The molecule has 10 heteroatoms. The van der Waals surface area contributed by atoms with Crippen LogP contribution in [0.4, 0.5) is 31.5 Å². The van der Waals surface area contributed by atoms with Crippen LogP contribution in [-0.2, 0) is 9.47 Å². The van der Waals surface area contributed by atoms with Gasteiger partial charge in [-0.05, 0) is 50.2 Å². The fourth-order valence-corrected chi connectivity index (χ4v) is 4.66. The first kappa shape index (κ1) is 28.2. The third kappa shape index (κ3) is 5.10. The van der Waals surface area contributed by atoms with Gasteiger partial charge in [-0.15, -0.1) is 0 Å². The van der Waals surface area contributed by atoms with E-state index < -0.39 is 57.6 Å². The quantitative estimate of drug-likeness (QED) is 0.201. The van der Waals surface area contributed by atoms with Gasteiger partial charge in [-0.3, -0.25) is 9.59 Å². The first-order chi connectivity index (χ1) is 20.2. The maximum absolute atomic E-state index is 16.4. The molecule has 0 heterocycles. The fraction of sp³-hybridized carbons (Fsp3) is 0.125. The summed E-state index contributed by atoms with van der Waals surface area (Å²) in [6.07, 6.45) is 0. The molecule has 212 valence electrons. The number of fused-ring (bicyclic) bond motifs is 2. The lowest BCUT2D eigenvalue weighted by atomic mass is 9.82. The number of carbonyl (C=O) groups is 4. The van der Waals surface area contributed by atoms with Gasteiger partial charge in [-0.2, -0.15) is 0 Å². The van der Waals surface area contributed by atoms with Gasteiger partial charge in [-0.1, -0.05) is 36.4 Å². The molecule has 1 aliphatic rings. The predicted molar refractivity (Wildman–Crippen MR) is 151 cm³/mol. The average molecular weight is 571 g/mol. The Labute approximate surface area is 239 Å². The molecule has 0 unspecified atom stereocenters. The summed E-state index contributed by atoms with van der Waals surface area (Å²) in [4.78, 5) is 51.3. The molecule has 0 fully saturated rings. The maximum atomic E-state index is 16.4. The molecule has 0 saturated heterocycles. The summed E-state index contributed by atoms with van der Waals surface area (Å²) in [5, 5.41) is 5.53. The van der Waals surface area contributed by atoms with Crippen LogP contribution in [0, 0.1) is 11.6 Å². The molecule has 42 heavy (non-hydrogen) atoms. The van der Waals surface area contributed by atoms with E-state index in [2.05, 4.69) is 10.6 Å². The van der Waals surface area contributed by atoms with Gasteiger partial charge >= 0.3 is 11.9 Å². The monoisotopic (exact) mass is 570 g/mol. The molecule has 0 spiro atoms. The van der Waals surface area contributed by atoms with Crippen LogP contribution in [0.3, 0.4) is 0 Å². The average Bonchev–Trinajstić information content (AvgIpc) is 3.00. The molecule has 0 saturated carbocycles. The number of halogens is 2. The number of nitrogens with one attached hydrogen (secondary N) is 2. The highest BCUT2D eigenvalue weighted by molar-refractivity contribution is 6.29. The Hall–Kier alpha value is -5.38. The Kier molecular flexibility index (Phi) is 7.79. The number of anilines is 4. The zero-order chi connectivity index (χ0) is 30.0. The van der Waals surface area contributed by atoms with Crippen molar-refractivity contribution in [2.45, 2.75) is 13.8 Å². The first-order valence-electron chi connectivity index (χ1n) is 13.1. The third-order valence-electron chi connectivity index (χ3n) is 6.53. The van der Waals surface area contributed by atoms with Crippen LogP contribution >= 0.6 is 0 Å². The molecule has 4 aromatic rings. The SMILES string of the molecule is CCOC(=O)c1cccc(Nc2c(F)c3c(c(F)c2Nc2cccc(C(=O)OCC)c2)C(=O)c2ccccc2C3=O)c1. The number of hydrogen-bond acceptors (Lipinski definition) is 8. The van der Waals surface area contributed by atoms with E-state index in [1.165, 1.54) is 72.8 Å². The molecule has 0 atom stereocenters. The fourth-order valence-electron chi connectivity index (χ4n) is 4.66. The van der Waals surface area contributed by atoms with E-state index in [9.17, 15) is 19.2 Å². The van der Waals surface area contributed by atoms with Gasteiger partial charge in [-0.25, -0.2) is 18.4 Å². The largest absolute Gasteiger partial charge is 0.462 e. The Bertz CT molecular complexity index is 1640. The van der Waals surface area contributed by atoms with Gasteiger partial charge in [0.05, 0.1) is 35.5 Å². The predicted octanol–water partition coefficient (Wildman–Crippen LogP) is 6.58. The molecule has 8 nitrogen and oxygen atoms in total. The maximum Gasteiger partial charge on any atom is 0.338 e. The highest BCUT2D eigenvalue weighted by Crippen LogP contribution is 2.42. The van der Waals surface area contributed by atoms with E-state index >= 15 is 8.78 Å². The van der Waals surface area contributed by atoms with Gasteiger partial charge in [0.15, 0.2) is 23.2 Å². The summed E-state index contributed by atoms with van der Waals surface area (Å²) in [6.45, 7) is 3.57. The summed E-state index contributed by atoms with van der Waals surface area (Å²) < 4.78 is 42.8. The van der Waals surface area contributed by atoms with Gasteiger partial charge < -0.3 is 20.1 Å².